The van der Waals surface area contributed by atoms with Gasteiger partial charge in [-0.1, -0.05) is 23.7 Å². The van der Waals surface area contributed by atoms with Crippen LogP contribution in [-0.4, -0.2) is 46.9 Å². The Hall–Kier alpha value is -2.97. The maximum absolute atomic E-state index is 12.9. The Labute approximate surface area is 189 Å². The lowest BCUT2D eigenvalue weighted by molar-refractivity contribution is -0.121. The van der Waals surface area contributed by atoms with Gasteiger partial charge in [0, 0.05) is 30.6 Å². The predicted molar refractivity (Wildman–Crippen MR) is 121 cm³/mol. The van der Waals surface area contributed by atoms with Gasteiger partial charge in [0.15, 0.2) is 0 Å². The van der Waals surface area contributed by atoms with Gasteiger partial charge >= 0.3 is 0 Å². The number of nitrogens with zero attached hydrogens (tertiary/aromatic N) is 3. The van der Waals surface area contributed by atoms with E-state index < -0.39 is 0 Å². The molecule has 1 saturated heterocycles. The predicted octanol–water partition coefficient (Wildman–Crippen LogP) is 4.36. The zero-order valence-corrected chi connectivity index (χ0v) is 18.4. The molecule has 1 N–H and O–H groups in total. The first-order valence-corrected chi connectivity index (χ1v) is 11.1. The molecule has 9 heteroatoms. The van der Waals surface area contributed by atoms with Gasteiger partial charge in [0.2, 0.25) is 5.91 Å². The van der Waals surface area contributed by atoms with Crippen molar-refractivity contribution in [2.45, 2.75) is 12.8 Å². The van der Waals surface area contributed by atoms with Gasteiger partial charge in [0.05, 0.1) is 17.7 Å². The number of thiazole rings is 1. The van der Waals surface area contributed by atoms with Crippen LogP contribution in [0.15, 0.2) is 48.0 Å². The number of ether oxygens (including phenoxy) is 1. The Morgan fingerprint density at radius 1 is 1.19 bits per heavy atom. The molecule has 4 rings (SSSR count). The van der Waals surface area contributed by atoms with Gasteiger partial charge in [-0.05, 0) is 37.1 Å². The number of halogens is 1. The molecule has 0 saturated carbocycles. The van der Waals surface area contributed by atoms with Gasteiger partial charge in [-0.25, -0.2) is 9.97 Å². The minimum atomic E-state index is -0.166. The second kappa shape index (κ2) is 9.45. The van der Waals surface area contributed by atoms with Crippen molar-refractivity contribution < 1.29 is 14.3 Å². The summed E-state index contributed by atoms with van der Waals surface area (Å²) in [4.78, 5) is 35.8. The van der Waals surface area contributed by atoms with Crippen molar-refractivity contribution in [3.8, 4) is 16.3 Å². The number of nitrogens with one attached hydrogen (secondary N) is 1. The van der Waals surface area contributed by atoms with Crippen molar-refractivity contribution in [1.29, 1.82) is 0 Å². The lowest BCUT2D eigenvalue weighted by Gasteiger charge is -2.30. The number of hydrogen-bond donors (Lipinski definition) is 1. The molecule has 0 spiro atoms. The number of anilines is 1. The van der Waals surface area contributed by atoms with Gasteiger partial charge in [0.1, 0.15) is 22.3 Å². The van der Waals surface area contributed by atoms with Crippen molar-refractivity contribution in [1.82, 2.24) is 14.9 Å². The summed E-state index contributed by atoms with van der Waals surface area (Å²) >= 11 is 7.23. The minimum Gasteiger partial charge on any atom is -0.496 e. The van der Waals surface area contributed by atoms with Crippen LogP contribution in [0.3, 0.4) is 0 Å². The van der Waals surface area contributed by atoms with Crippen LogP contribution in [0.5, 0.6) is 5.75 Å². The van der Waals surface area contributed by atoms with Crippen molar-refractivity contribution in [3.05, 3.63) is 58.7 Å². The molecule has 0 radical (unpaired) electrons. The average molecular weight is 457 g/mol. The zero-order valence-electron chi connectivity index (χ0n) is 16.9. The van der Waals surface area contributed by atoms with Crippen molar-refractivity contribution >= 4 is 40.6 Å². The van der Waals surface area contributed by atoms with Crippen molar-refractivity contribution in [2.24, 2.45) is 5.92 Å². The van der Waals surface area contributed by atoms with Gasteiger partial charge in [0.25, 0.3) is 5.91 Å². The molecular weight excluding hydrogens is 436 g/mol. The van der Waals surface area contributed by atoms with Crippen LogP contribution >= 0.6 is 22.9 Å². The van der Waals surface area contributed by atoms with E-state index in [0.717, 1.165) is 16.3 Å². The van der Waals surface area contributed by atoms with E-state index in [1.165, 1.54) is 17.5 Å². The number of rotatable bonds is 5. The summed E-state index contributed by atoms with van der Waals surface area (Å²) in [6, 6.07) is 10.9. The van der Waals surface area contributed by atoms with Crippen molar-refractivity contribution in [3.63, 3.8) is 0 Å². The molecule has 3 heterocycles. The van der Waals surface area contributed by atoms with E-state index in [1.807, 2.05) is 24.3 Å². The number of amides is 2. The number of para-hydroxylation sites is 1. The Kier molecular flexibility index (Phi) is 6.48. The Morgan fingerprint density at radius 2 is 1.97 bits per heavy atom. The lowest BCUT2D eigenvalue weighted by atomic mass is 9.95. The Bertz CT molecular complexity index is 1080. The molecule has 2 aromatic heterocycles. The standard InChI is InChI=1S/C22H21ClN4O3S/c1-30-18-5-3-2-4-16(18)21-25-17(13-31-21)22(29)27-10-8-14(9-11-27)20(28)26-19-7-6-15(23)12-24-19/h2-7,12-14H,8-11H2,1H3,(H,24,26,28). The number of hydrogen-bond acceptors (Lipinski definition) is 6. The number of benzene rings is 1. The molecule has 0 aliphatic carbocycles. The van der Waals surface area contributed by atoms with E-state index in [9.17, 15) is 9.59 Å². The zero-order chi connectivity index (χ0) is 21.8. The number of carbonyl (C=O) groups excluding carboxylic acids is 2. The summed E-state index contributed by atoms with van der Waals surface area (Å²) in [5, 5.41) is 5.84. The highest BCUT2D eigenvalue weighted by Gasteiger charge is 2.29. The maximum Gasteiger partial charge on any atom is 0.273 e. The first kappa shape index (κ1) is 21.3. The minimum absolute atomic E-state index is 0.0889. The van der Waals surface area contributed by atoms with Gasteiger partial charge in [-0.15, -0.1) is 11.3 Å². The molecule has 1 aromatic carbocycles. The molecule has 3 aromatic rings. The summed E-state index contributed by atoms with van der Waals surface area (Å²) in [7, 11) is 1.61. The first-order valence-electron chi connectivity index (χ1n) is 9.86. The molecule has 31 heavy (non-hydrogen) atoms. The molecule has 0 bridgehead atoms. The van der Waals surface area contributed by atoms with E-state index in [2.05, 4.69) is 15.3 Å². The highest BCUT2D eigenvalue weighted by molar-refractivity contribution is 7.13. The molecule has 1 fully saturated rings. The smallest absolute Gasteiger partial charge is 0.273 e. The second-order valence-corrected chi connectivity index (χ2v) is 8.45. The van der Waals surface area contributed by atoms with Crippen molar-refractivity contribution in [2.75, 3.05) is 25.5 Å². The van der Waals surface area contributed by atoms with E-state index >= 15 is 0 Å². The monoisotopic (exact) mass is 456 g/mol. The van der Waals surface area contributed by atoms with Crippen LogP contribution in [0.2, 0.25) is 5.02 Å². The normalized spacial score (nSPS) is 14.3. The van der Waals surface area contributed by atoms with E-state index in [1.54, 1.807) is 29.5 Å². The summed E-state index contributed by atoms with van der Waals surface area (Å²) < 4.78 is 5.39. The van der Waals surface area contributed by atoms with Crippen LogP contribution < -0.4 is 10.1 Å². The number of likely N-dealkylation sites (tertiary alicyclic amines) is 1. The lowest BCUT2D eigenvalue weighted by Crippen LogP contribution is -2.41. The van der Waals surface area contributed by atoms with Crippen LogP contribution in [-0.2, 0) is 4.79 Å². The summed E-state index contributed by atoms with van der Waals surface area (Å²) in [5.41, 5.74) is 1.28. The molecule has 0 unspecified atom stereocenters. The second-order valence-electron chi connectivity index (χ2n) is 7.16. The molecule has 7 nitrogen and oxygen atoms in total. The van der Waals surface area contributed by atoms with Gasteiger partial charge < -0.3 is 15.0 Å². The Balaban J connectivity index is 1.36. The maximum atomic E-state index is 12.9. The van der Waals surface area contributed by atoms with Crippen LogP contribution in [0.1, 0.15) is 23.3 Å². The molecule has 1 aliphatic rings. The molecule has 1 aliphatic heterocycles. The molecular formula is C22H21ClN4O3S. The molecule has 0 atom stereocenters. The van der Waals surface area contributed by atoms with E-state index in [0.29, 0.717) is 42.5 Å². The number of piperidine rings is 1. The van der Waals surface area contributed by atoms with Crippen LogP contribution in [0, 0.1) is 5.92 Å². The number of carbonyl (C=O) groups is 2. The quantitative estimate of drug-likeness (QED) is 0.616. The SMILES string of the molecule is COc1ccccc1-c1nc(C(=O)N2CCC(C(=O)Nc3ccc(Cl)cn3)CC2)cs1. The third-order valence-corrected chi connectivity index (χ3v) is 6.29. The van der Waals surface area contributed by atoms with Crippen LogP contribution in [0.4, 0.5) is 5.82 Å². The van der Waals surface area contributed by atoms with E-state index in [4.69, 9.17) is 16.3 Å². The summed E-state index contributed by atoms with van der Waals surface area (Å²) in [6.07, 6.45) is 2.68. The average Bonchev–Trinajstić information content (AvgIpc) is 3.30. The first-order chi connectivity index (χ1) is 15.0. The fraction of sp³-hybridized carbons (Fsp3) is 0.273. The topological polar surface area (TPSA) is 84.4 Å². The number of methoxy groups -OCH3 is 1. The Morgan fingerprint density at radius 3 is 2.68 bits per heavy atom. The third kappa shape index (κ3) is 4.86. The number of aromatic nitrogens is 2. The fourth-order valence-corrected chi connectivity index (χ4v) is 4.44. The molecule has 2 amide bonds. The van der Waals surface area contributed by atoms with Crippen LogP contribution in [0.25, 0.3) is 10.6 Å². The summed E-state index contributed by atoms with van der Waals surface area (Å²) in [6.45, 7) is 1.01. The van der Waals surface area contributed by atoms with E-state index in [-0.39, 0.29) is 17.7 Å². The third-order valence-electron chi connectivity index (χ3n) is 5.19. The van der Waals surface area contributed by atoms with Gasteiger partial charge in [-0.2, -0.15) is 0 Å². The summed E-state index contributed by atoms with van der Waals surface area (Å²) in [5.74, 6) is 0.822. The highest BCUT2D eigenvalue weighted by atomic mass is 35.5. The largest absolute Gasteiger partial charge is 0.496 e. The molecule has 160 valence electrons. The highest BCUT2D eigenvalue weighted by Crippen LogP contribution is 2.32. The number of pyridine rings is 1. The van der Waals surface area contributed by atoms with Gasteiger partial charge in [-0.3, -0.25) is 9.59 Å². The fourth-order valence-electron chi connectivity index (χ4n) is 3.50.